The average Bonchev–Trinajstić information content (AvgIpc) is 2.84. The van der Waals surface area contributed by atoms with Crippen molar-refractivity contribution in [1.82, 2.24) is 9.62 Å². The quantitative estimate of drug-likeness (QED) is 0.903. The first-order valence-corrected chi connectivity index (χ1v) is 9.87. The van der Waals surface area contributed by atoms with Gasteiger partial charge in [-0.3, -0.25) is 0 Å². The van der Waals surface area contributed by atoms with E-state index in [1.165, 1.54) is 11.3 Å². The molecule has 6 heteroatoms. The number of nitrogens with one attached hydrogen (secondary N) is 1. The van der Waals surface area contributed by atoms with Crippen molar-refractivity contribution in [2.24, 2.45) is 11.8 Å². The van der Waals surface area contributed by atoms with Crippen LogP contribution >= 0.6 is 11.3 Å². The van der Waals surface area contributed by atoms with Crippen LogP contribution in [0.2, 0.25) is 0 Å². The SMILES string of the molecule is CC1CC(C)CN(S(=O)(=O)c2ccc(CNC(C)C)s2)C1. The van der Waals surface area contributed by atoms with Crippen LogP contribution in [0.25, 0.3) is 0 Å². The predicted octanol–water partition coefficient (Wildman–Crippen LogP) is 2.91. The van der Waals surface area contributed by atoms with Crippen molar-refractivity contribution in [3.8, 4) is 0 Å². The highest BCUT2D eigenvalue weighted by Gasteiger charge is 2.32. The van der Waals surface area contributed by atoms with Crippen LogP contribution in [0.15, 0.2) is 16.3 Å². The number of sulfonamides is 1. The fourth-order valence-electron chi connectivity index (χ4n) is 2.83. The third-order valence-corrected chi connectivity index (χ3v) is 7.14. The van der Waals surface area contributed by atoms with Gasteiger partial charge in [-0.1, -0.05) is 27.7 Å². The van der Waals surface area contributed by atoms with E-state index < -0.39 is 10.0 Å². The molecule has 0 amide bonds. The Morgan fingerprint density at radius 2 is 1.90 bits per heavy atom. The van der Waals surface area contributed by atoms with Crippen LogP contribution < -0.4 is 5.32 Å². The Labute approximate surface area is 132 Å². The van der Waals surface area contributed by atoms with E-state index in [1.807, 2.05) is 6.07 Å². The van der Waals surface area contributed by atoms with Crippen LogP contribution in [0.5, 0.6) is 0 Å². The second-order valence-corrected chi connectivity index (χ2v) is 9.86. The molecule has 2 atom stereocenters. The molecule has 120 valence electrons. The Morgan fingerprint density at radius 3 is 2.48 bits per heavy atom. The standard InChI is InChI=1S/C15H26N2O2S2/c1-11(2)16-8-14-5-6-15(20-14)21(18,19)17-9-12(3)7-13(4)10-17/h5-6,11-13,16H,7-10H2,1-4H3. The molecule has 21 heavy (non-hydrogen) atoms. The summed E-state index contributed by atoms with van der Waals surface area (Å²) in [4.78, 5) is 1.07. The molecule has 4 nitrogen and oxygen atoms in total. The van der Waals surface area contributed by atoms with Gasteiger partial charge in [-0.15, -0.1) is 11.3 Å². The van der Waals surface area contributed by atoms with E-state index in [9.17, 15) is 8.42 Å². The van der Waals surface area contributed by atoms with Crippen LogP contribution in [0.1, 0.15) is 39.0 Å². The van der Waals surface area contributed by atoms with Gasteiger partial charge in [-0.2, -0.15) is 4.31 Å². The maximum Gasteiger partial charge on any atom is 0.252 e. The van der Waals surface area contributed by atoms with Gasteiger partial charge in [-0.05, 0) is 30.4 Å². The summed E-state index contributed by atoms with van der Waals surface area (Å²) in [5.74, 6) is 0.871. The van der Waals surface area contributed by atoms with Crippen molar-refractivity contribution in [3.63, 3.8) is 0 Å². The second kappa shape index (κ2) is 6.77. The van der Waals surface area contributed by atoms with Crippen molar-refractivity contribution in [2.45, 2.75) is 50.9 Å². The lowest BCUT2D eigenvalue weighted by atomic mass is 9.94. The molecule has 1 saturated heterocycles. The molecule has 1 aliphatic rings. The van der Waals surface area contributed by atoms with Gasteiger partial charge in [0.15, 0.2) is 0 Å². The molecule has 0 spiro atoms. The minimum absolute atomic E-state index is 0.399. The van der Waals surface area contributed by atoms with Gasteiger partial charge in [-0.25, -0.2) is 8.42 Å². The van der Waals surface area contributed by atoms with Gasteiger partial charge in [0.05, 0.1) is 0 Å². The molecule has 1 aromatic rings. The van der Waals surface area contributed by atoms with Crippen molar-refractivity contribution in [3.05, 3.63) is 17.0 Å². The summed E-state index contributed by atoms with van der Waals surface area (Å²) in [5.41, 5.74) is 0. The van der Waals surface area contributed by atoms with E-state index in [0.717, 1.165) is 17.8 Å². The highest BCUT2D eigenvalue weighted by atomic mass is 32.2. The van der Waals surface area contributed by atoms with Crippen molar-refractivity contribution >= 4 is 21.4 Å². The smallest absolute Gasteiger partial charge is 0.252 e. The zero-order chi connectivity index (χ0) is 15.6. The molecule has 1 aromatic heterocycles. The molecule has 0 saturated carbocycles. The molecule has 2 heterocycles. The molecule has 1 aliphatic heterocycles. The van der Waals surface area contributed by atoms with Gasteiger partial charge in [0.1, 0.15) is 4.21 Å². The summed E-state index contributed by atoms with van der Waals surface area (Å²) in [6, 6.07) is 4.07. The molecular formula is C15H26N2O2S2. The zero-order valence-corrected chi connectivity index (χ0v) is 14.9. The number of hydrogen-bond donors (Lipinski definition) is 1. The van der Waals surface area contributed by atoms with E-state index in [-0.39, 0.29) is 0 Å². The Morgan fingerprint density at radius 1 is 1.29 bits per heavy atom. The third kappa shape index (κ3) is 4.28. The maximum atomic E-state index is 12.7. The molecule has 1 fully saturated rings. The minimum atomic E-state index is -3.32. The maximum absolute atomic E-state index is 12.7. The largest absolute Gasteiger partial charge is 0.310 e. The van der Waals surface area contributed by atoms with Crippen LogP contribution in [0, 0.1) is 11.8 Å². The molecule has 0 aliphatic carbocycles. The Bertz CT molecular complexity index is 556. The fourth-order valence-corrected chi connectivity index (χ4v) is 5.97. The number of rotatable bonds is 5. The average molecular weight is 331 g/mol. The summed E-state index contributed by atoms with van der Waals surface area (Å²) in [6.45, 7) is 10.4. The molecule has 0 aromatic carbocycles. The van der Waals surface area contributed by atoms with Crippen molar-refractivity contribution in [1.29, 1.82) is 0 Å². The van der Waals surface area contributed by atoms with Crippen molar-refractivity contribution < 1.29 is 8.42 Å². The molecule has 1 N–H and O–H groups in total. The summed E-state index contributed by atoms with van der Waals surface area (Å²) in [6.07, 6.45) is 1.11. The van der Waals surface area contributed by atoms with E-state index >= 15 is 0 Å². The van der Waals surface area contributed by atoms with Gasteiger partial charge >= 0.3 is 0 Å². The van der Waals surface area contributed by atoms with E-state index in [4.69, 9.17) is 0 Å². The second-order valence-electron chi connectivity index (χ2n) is 6.52. The summed E-state index contributed by atoms with van der Waals surface area (Å²) in [5, 5.41) is 3.32. The molecule has 2 unspecified atom stereocenters. The monoisotopic (exact) mass is 330 g/mol. The first kappa shape index (κ1) is 16.9. The number of hydrogen-bond acceptors (Lipinski definition) is 4. The highest BCUT2D eigenvalue weighted by molar-refractivity contribution is 7.91. The fraction of sp³-hybridized carbons (Fsp3) is 0.733. The molecular weight excluding hydrogens is 304 g/mol. The van der Waals surface area contributed by atoms with Crippen molar-refractivity contribution in [2.75, 3.05) is 13.1 Å². The van der Waals surface area contributed by atoms with E-state index in [2.05, 4.69) is 33.0 Å². The van der Waals surface area contributed by atoms with E-state index in [0.29, 0.717) is 35.2 Å². The topological polar surface area (TPSA) is 49.4 Å². The summed E-state index contributed by atoms with van der Waals surface area (Å²) < 4.78 is 27.6. The van der Waals surface area contributed by atoms with E-state index in [1.54, 1.807) is 10.4 Å². The van der Waals surface area contributed by atoms with Gasteiger partial charge < -0.3 is 5.32 Å². The number of nitrogens with zero attached hydrogens (tertiary/aromatic N) is 1. The summed E-state index contributed by atoms with van der Waals surface area (Å²) >= 11 is 1.39. The minimum Gasteiger partial charge on any atom is -0.310 e. The molecule has 0 radical (unpaired) electrons. The van der Waals surface area contributed by atoms with Gasteiger partial charge in [0.2, 0.25) is 0 Å². The lowest BCUT2D eigenvalue weighted by Gasteiger charge is -2.33. The highest BCUT2D eigenvalue weighted by Crippen LogP contribution is 2.30. The number of piperidine rings is 1. The third-order valence-electron chi connectivity index (χ3n) is 3.75. The Kier molecular flexibility index (Phi) is 5.46. The predicted molar refractivity (Wildman–Crippen MR) is 88.0 cm³/mol. The van der Waals surface area contributed by atoms with Gasteiger partial charge in [0, 0.05) is 30.6 Å². The lowest BCUT2D eigenvalue weighted by molar-refractivity contribution is 0.223. The zero-order valence-electron chi connectivity index (χ0n) is 13.3. The Hall–Kier alpha value is -0.430. The summed E-state index contributed by atoms with van der Waals surface area (Å²) in [7, 11) is -3.32. The molecule has 0 bridgehead atoms. The first-order chi connectivity index (χ1) is 9.79. The molecule has 2 rings (SSSR count). The lowest BCUT2D eigenvalue weighted by Crippen LogP contribution is -2.42. The van der Waals surface area contributed by atoms with Crippen LogP contribution in [-0.4, -0.2) is 31.9 Å². The van der Waals surface area contributed by atoms with Crippen LogP contribution in [0.3, 0.4) is 0 Å². The Balaban J connectivity index is 2.12. The van der Waals surface area contributed by atoms with Crippen LogP contribution in [-0.2, 0) is 16.6 Å². The first-order valence-electron chi connectivity index (χ1n) is 7.61. The normalized spacial score (nSPS) is 24.6. The number of thiophene rings is 1. The van der Waals surface area contributed by atoms with Gasteiger partial charge in [0.25, 0.3) is 10.0 Å². The van der Waals surface area contributed by atoms with Crippen LogP contribution in [0.4, 0.5) is 0 Å².